The van der Waals surface area contributed by atoms with Crippen molar-refractivity contribution in [2.24, 2.45) is 0 Å². The minimum absolute atomic E-state index is 0.0371. The van der Waals surface area contributed by atoms with Crippen LogP contribution < -0.4 is 10.1 Å². The number of ether oxygens (including phenoxy) is 1. The highest BCUT2D eigenvalue weighted by Crippen LogP contribution is 2.12. The monoisotopic (exact) mass is 277 g/mol. The Balaban J connectivity index is 1.96. The van der Waals surface area contributed by atoms with Crippen LogP contribution >= 0.6 is 0 Å². The first-order valence-electron chi connectivity index (χ1n) is 5.60. The Morgan fingerprint density at radius 3 is 2.95 bits per heavy atom. The molecule has 0 fully saturated rings. The van der Waals surface area contributed by atoms with Gasteiger partial charge in [-0.25, -0.2) is 9.78 Å². The number of aromatic nitrogens is 2. The highest BCUT2D eigenvalue weighted by atomic mass is 16.5. The van der Waals surface area contributed by atoms with Gasteiger partial charge < -0.3 is 19.7 Å². The molecular weight excluding hydrogens is 266 g/mol. The molecule has 2 N–H and O–H groups in total. The Bertz CT molecular complexity index is 638. The fourth-order valence-electron chi connectivity index (χ4n) is 1.40. The number of nitrogens with zero attached hydrogens (tertiary/aromatic N) is 2. The summed E-state index contributed by atoms with van der Waals surface area (Å²) in [5.74, 6) is -1.03. The van der Waals surface area contributed by atoms with Crippen molar-refractivity contribution < 1.29 is 24.0 Å². The number of anilines is 1. The number of carbonyl (C=O) groups excluding carboxylic acids is 1. The number of aromatic carboxylic acids is 1. The number of carboxylic acid groups (broad SMARTS) is 1. The Morgan fingerprint density at radius 1 is 1.50 bits per heavy atom. The quantitative estimate of drug-likeness (QED) is 0.840. The highest BCUT2D eigenvalue weighted by Gasteiger charge is 2.14. The van der Waals surface area contributed by atoms with E-state index < -0.39 is 11.9 Å². The highest BCUT2D eigenvalue weighted by molar-refractivity contribution is 5.99. The van der Waals surface area contributed by atoms with E-state index in [2.05, 4.69) is 15.5 Å². The van der Waals surface area contributed by atoms with Crippen molar-refractivity contribution in [3.05, 3.63) is 35.7 Å². The van der Waals surface area contributed by atoms with Gasteiger partial charge in [0.25, 0.3) is 11.8 Å². The van der Waals surface area contributed by atoms with Crippen LogP contribution in [-0.2, 0) is 4.79 Å². The number of hydrogen-bond donors (Lipinski definition) is 2. The molecule has 0 unspecified atom stereocenters. The minimum Gasteiger partial charge on any atom is -0.478 e. The van der Waals surface area contributed by atoms with Crippen molar-refractivity contribution in [1.82, 2.24) is 10.1 Å². The molecule has 0 aliphatic carbocycles. The lowest BCUT2D eigenvalue weighted by molar-refractivity contribution is -0.118. The molecule has 0 spiro atoms. The molecule has 2 heterocycles. The normalized spacial score (nSPS) is 10.1. The molecule has 0 aromatic carbocycles. The van der Waals surface area contributed by atoms with Crippen LogP contribution in [0.1, 0.15) is 16.1 Å². The van der Waals surface area contributed by atoms with Crippen LogP contribution in [0.4, 0.5) is 5.82 Å². The first kappa shape index (κ1) is 13.5. The second-order valence-electron chi connectivity index (χ2n) is 3.82. The molecular formula is C12H11N3O5. The third-order valence-electron chi connectivity index (χ3n) is 2.25. The van der Waals surface area contributed by atoms with Gasteiger partial charge in [0.05, 0.1) is 0 Å². The van der Waals surface area contributed by atoms with Gasteiger partial charge in [0.1, 0.15) is 17.1 Å². The summed E-state index contributed by atoms with van der Waals surface area (Å²) in [7, 11) is 0. The van der Waals surface area contributed by atoms with E-state index in [9.17, 15) is 9.59 Å². The molecule has 0 atom stereocenters. The molecule has 0 aliphatic heterocycles. The molecule has 1 amide bonds. The fourth-order valence-corrected chi connectivity index (χ4v) is 1.40. The Labute approximate surface area is 113 Å². The fraction of sp³-hybridized carbons (Fsp3) is 0.167. The predicted octanol–water partition coefficient (Wildman–Crippen LogP) is 1.09. The first-order valence-corrected chi connectivity index (χ1v) is 5.60. The van der Waals surface area contributed by atoms with Crippen LogP contribution in [0, 0.1) is 6.92 Å². The average Bonchev–Trinajstić information content (AvgIpc) is 2.83. The molecule has 2 rings (SSSR count). The van der Waals surface area contributed by atoms with Crippen molar-refractivity contribution in [1.29, 1.82) is 0 Å². The van der Waals surface area contributed by atoms with Gasteiger partial charge in [0.2, 0.25) is 0 Å². The Hall–Kier alpha value is -2.90. The van der Waals surface area contributed by atoms with E-state index in [-0.39, 0.29) is 23.9 Å². The second-order valence-corrected chi connectivity index (χ2v) is 3.82. The summed E-state index contributed by atoms with van der Waals surface area (Å²) in [5, 5.41) is 14.9. The number of rotatable bonds is 5. The van der Waals surface area contributed by atoms with Crippen molar-refractivity contribution in [2.75, 3.05) is 11.9 Å². The summed E-state index contributed by atoms with van der Waals surface area (Å²) in [5.41, 5.74) is -0.0990. The van der Waals surface area contributed by atoms with Gasteiger partial charge in [-0.2, -0.15) is 0 Å². The van der Waals surface area contributed by atoms with Gasteiger partial charge in [-0.3, -0.25) is 4.79 Å². The van der Waals surface area contributed by atoms with Gasteiger partial charge in [-0.05, 0) is 24.2 Å². The predicted molar refractivity (Wildman–Crippen MR) is 66.6 cm³/mol. The number of aryl methyl sites for hydroxylation is 1. The topological polar surface area (TPSA) is 115 Å². The lowest BCUT2D eigenvalue weighted by Crippen LogP contribution is -2.22. The summed E-state index contributed by atoms with van der Waals surface area (Å²) < 4.78 is 9.84. The largest absolute Gasteiger partial charge is 0.478 e. The summed E-state index contributed by atoms with van der Waals surface area (Å²) in [4.78, 5) is 26.4. The Kier molecular flexibility index (Phi) is 3.94. The van der Waals surface area contributed by atoms with E-state index in [0.29, 0.717) is 5.76 Å². The maximum atomic E-state index is 11.6. The molecule has 2 aromatic heterocycles. The van der Waals surface area contributed by atoms with Crippen molar-refractivity contribution in [2.45, 2.75) is 6.92 Å². The van der Waals surface area contributed by atoms with E-state index in [1.165, 1.54) is 24.4 Å². The van der Waals surface area contributed by atoms with Crippen LogP contribution in [0.25, 0.3) is 0 Å². The second kappa shape index (κ2) is 5.83. The summed E-state index contributed by atoms with van der Waals surface area (Å²) in [6.07, 6.45) is 1.38. The molecule has 0 saturated heterocycles. The first-order chi connectivity index (χ1) is 9.56. The van der Waals surface area contributed by atoms with E-state index in [1.807, 2.05) is 0 Å². The standard InChI is InChI=1S/C12H11N3O5/c1-7-5-10(15-20-7)19-6-9(16)14-11-8(12(17)18)3-2-4-13-11/h2-5H,6H2,1H3,(H,17,18)(H,13,14,16). The number of hydrogen-bond acceptors (Lipinski definition) is 6. The van der Waals surface area contributed by atoms with Crippen LogP contribution in [0.3, 0.4) is 0 Å². The SMILES string of the molecule is Cc1cc(OCC(=O)Nc2ncccc2C(=O)O)no1. The van der Waals surface area contributed by atoms with Crippen molar-refractivity contribution in [3.8, 4) is 5.88 Å². The zero-order valence-corrected chi connectivity index (χ0v) is 10.5. The Morgan fingerprint density at radius 2 is 2.30 bits per heavy atom. The number of pyridine rings is 1. The molecule has 0 bridgehead atoms. The average molecular weight is 277 g/mol. The van der Waals surface area contributed by atoms with Gasteiger partial charge >= 0.3 is 5.97 Å². The third kappa shape index (κ3) is 3.31. The lowest BCUT2D eigenvalue weighted by atomic mass is 10.2. The van der Waals surface area contributed by atoms with E-state index in [0.717, 1.165) is 0 Å². The summed E-state index contributed by atoms with van der Waals surface area (Å²) in [6, 6.07) is 4.33. The summed E-state index contributed by atoms with van der Waals surface area (Å²) >= 11 is 0. The maximum absolute atomic E-state index is 11.6. The van der Waals surface area contributed by atoms with Crippen molar-refractivity contribution in [3.63, 3.8) is 0 Å². The van der Waals surface area contributed by atoms with Crippen molar-refractivity contribution >= 4 is 17.7 Å². The van der Waals surface area contributed by atoms with Gasteiger partial charge in [-0.15, -0.1) is 0 Å². The minimum atomic E-state index is -1.18. The third-order valence-corrected chi connectivity index (χ3v) is 2.25. The zero-order chi connectivity index (χ0) is 14.5. The van der Waals surface area contributed by atoms with Crippen LogP contribution in [-0.4, -0.2) is 33.7 Å². The molecule has 0 aliphatic rings. The van der Waals surface area contributed by atoms with Gasteiger partial charge in [0.15, 0.2) is 6.61 Å². The van der Waals surface area contributed by atoms with Crippen LogP contribution in [0.5, 0.6) is 5.88 Å². The zero-order valence-electron chi connectivity index (χ0n) is 10.5. The molecule has 104 valence electrons. The van der Waals surface area contributed by atoms with E-state index in [1.54, 1.807) is 6.92 Å². The number of nitrogens with one attached hydrogen (secondary N) is 1. The molecule has 8 heteroatoms. The van der Waals surface area contributed by atoms with E-state index >= 15 is 0 Å². The maximum Gasteiger partial charge on any atom is 0.339 e. The molecule has 20 heavy (non-hydrogen) atoms. The lowest BCUT2D eigenvalue weighted by Gasteiger charge is -2.06. The van der Waals surface area contributed by atoms with Gasteiger partial charge in [0, 0.05) is 12.3 Å². The van der Waals surface area contributed by atoms with Crippen LogP contribution in [0.2, 0.25) is 0 Å². The molecule has 0 saturated carbocycles. The van der Waals surface area contributed by atoms with Gasteiger partial charge in [-0.1, -0.05) is 0 Å². The number of amides is 1. The molecule has 0 radical (unpaired) electrons. The molecule has 8 nitrogen and oxygen atoms in total. The number of carbonyl (C=O) groups is 2. The summed E-state index contributed by atoms with van der Waals surface area (Å²) in [6.45, 7) is 1.36. The number of carboxylic acids is 1. The smallest absolute Gasteiger partial charge is 0.339 e. The van der Waals surface area contributed by atoms with Crippen LogP contribution in [0.15, 0.2) is 28.9 Å². The van der Waals surface area contributed by atoms with E-state index in [4.69, 9.17) is 14.4 Å². The molecule has 2 aromatic rings.